The monoisotopic (exact) mass is 263 g/mol. The Kier molecular flexibility index (Phi) is 4.29. The van der Waals surface area contributed by atoms with Crippen LogP contribution in [0.3, 0.4) is 0 Å². The molecule has 1 nitrogen and oxygen atoms in total. The molecule has 0 bridgehead atoms. The Bertz CT molecular complexity index is 419. The summed E-state index contributed by atoms with van der Waals surface area (Å²) in [6.45, 7) is 5.79. The predicted octanol–water partition coefficient (Wildman–Crippen LogP) is 3.70. The molecule has 0 aromatic heterocycles. The summed E-state index contributed by atoms with van der Waals surface area (Å²) in [6.07, 6.45) is 5.99. The van der Waals surface area contributed by atoms with Gasteiger partial charge in [0.05, 0.1) is 0 Å². The highest BCUT2D eigenvalue weighted by molar-refractivity contribution is 8.13. The van der Waals surface area contributed by atoms with Crippen molar-refractivity contribution in [1.29, 1.82) is 0 Å². The Morgan fingerprint density at radius 1 is 1.33 bits per heavy atom. The van der Waals surface area contributed by atoms with Gasteiger partial charge >= 0.3 is 0 Å². The highest BCUT2D eigenvalue weighted by Crippen LogP contribution is 2.27. The van der Waals surface area contributed by atoms with Crippen molar-refractivity contribution in [3.8, 4) is 0 Å². The van der Waals surface area contributed by atoms with Crippen LogP contribution >= 0.6 is 10.5 Å². The van der Waals surface area contributed by atoms with E-state index in [1.54, 1.807) is 0 Å². The number of hydrogen-bond acceptors (Lipinski definition) is 1. The smallest absolute Gasteiger partial charge is 0.0128 e. The normalized spacial score (nSPS) is 24.1. The van der Waals surface area contributed by atoms with Crippen LogP contribution in [0.4, 0.5) is 0 Å². The van der Waals surface area contributed by atoms with Crippen LogP contribution in [0.5, 0.6) is 0 Å². The average Bonchev–Trinajstić information content (AvgIpc) is 2.67. The highest BCUT2D eigenvalue weighted by atomic mass is 32.2. The van der Waals surface area contributed by atoms with E-state index in [0.717, 1.165) is 5.92 Å². The topological polar surface area (TPSA) is 12.0 Å². The van der Waals surface area contributed by atoms with Crippen LogP contribution in [0, 0.1) is 5.92 Å². The summed E-state index contributed by atoms with van der Waals surface area (Å²) in [5.41, 5.74) is 1.81. The molecule has 2 heteroatoms. The molecule has 1 N–H and O–H groups in total. The van der Waals surface area contributed by atoms with Gasteiger partial charge in [-0.25, -0.2) is 0 Å². The van der Waals surface area contributed by atoms with E-state index >= 15 is 0 Å². The molecule has 1 saturated heterocycles. The molecule has 1 aliphatic heterocycles. The lowest BCUT2D eigenvalue weighted by molar-refractivity contribution is 0.433. The molecule has 0 radical (unpaired) electrons. The number of rotatable bonds is 4. The summed E-state index contributed by atoms with van der Waals surface area (Å²) in [7, 11) is 0.136. The second kappa shape index (κ2) is 5.58. The van der Waals surface area contributed by atoms with Gasteiger partial charge in [0.25, 0.3) is 0 Å². The van der Waals surface area contributed by atoms with Crippen LogP contribution in [0.15, 0.2) is 29.2 Å². The van der Waals surface area contributed by atoms with Gasteiger partial charge in [0.2, 0.25) is 0 Å². The van der Waals surface area contributed by atoms with Crippen LogP contribution in [0.25, 0.3) is 0 Å². The van der Waals surface area contributed by atoms with Crippen molar-refractivity contribution in [2.45, 2.75) is 43.5 Å². The zero-order chi connectivity index (χ0) is 13.2. The van der Waals surface area contributed by atoms with E-state index in [-0.39, 0.29) is 10.5 Å². The lowest BCUT2D eigenvalue weighted by atomic mass is 9.92. The van der Waals surface area contributed by atoms with Crippen molar-refractivity contribution in [3.05, 3.63) is 29.8 Å². The van der Waals surface area contributed by atoms with Gasteiger partial charge in [-0.1, -0.05) is 18.0 Å². The second-order valence-electron chi connectivity index (χ2n) is 6.15. The average molecular weight is 263 g/mol. The third-order valence-corrected chi connectivity index (χ3v) is 4.91. The lowest BCUT2D eigenvalue weighted by Crippen LogP contribution is -2.31. The molecular weight excluding hydrogens is 238 g/mol. The Morgan fingerprint density at radius 3 is 2.50 bits per heavy atom. The number of hydrogen-bond donors (Lipinski definition) is 1. The minimum Gasteiger partial charge on any atom is -0.312 e. The van der Waals surface area contributed by atoms with Gasteiger partial charge in [-0.05, 0) is 69.5 Å². The van der Waals surface area contributed by atoms with E-state index < -0.39 is 0 Å². The van der Waals surface area contributed by atoms with Gasteiger partial charge in [0.1, 0.15) is 0 Å². The molecule has 0 spiro atoms. The summed E-state index contributed by atoms with van der Waals surface area (Å²) < 4.78 is 0. The van der Waals surface area contributed by atoms with Gasteiger partial charge in [-0.15, -0.1) is 0 Å². The zero-order valence-electron chi connectivity index (χ0n) is 11.8. The van der Waals surface area contributed by atoms with Crippen molar-refractivity contribution in [1.82, 2.24) is 5.32 Å². The Labute approximate surface area is 114 Å². The molecule has 2 atom stereocenters. The second-order valence-corrected chi connectivity index (χ2v) is 7.90. The third-order valence-electron chi connectivity index (χ3n) is 3.84. The van der Waals surface area contributed by atoms with Crippen molar-refractivity contribution in [3.63, 3.8) is 0 Å². The Balaban J connectivity index is 1.85. The molecule has 18 heavy (non-hydrogen) atoms. The van der Waals surface area contributed by atoms with Crippen LogP contribution in [-0.4, -0.2) is 24.2 Å². The Hall–Kier alpha value is -0.600. The molecule has 0 saturated carbocycles. The summed E-state index contributed by atoms with van der Waals surface area (Å²) >= 11 is 0. The van der Waals surface area contributed by atoms with Gasteiger partial charge < -0.3 is 5.32 Å². The van der Waals surface area contributed by atoms with E-state index in [2.05, 4.69) is 55.6 Å². The van der Waals surface area contributed by atoms with E-state index in [9.17, 15) is 0 Å². The minimum absolute atomic E-state index is 0.136. The molecule has 1 heterocycles. The van der Waals surface area contributed by atoms with Crippen LogP contribution in [-0.2, 0) is 6.42 Å². The van der Waals surface area contributed by atoms with E-state index in [4.69, 9.17) is 0 Å². The standard InChI is InChI=1S/C16H25NS/c1-16(2)11-14(12-17-16)6-5-13-7-9-15(10-8-13)18(3)4/h7-10,14,17H,3,5-6,11-12H2,1-2,4H3. The fourth-order valence-electron chi connectivity index (χ4n) is 2.75. The van der Waals surface area contributed by atoms with Gasteiger partial charge in [-0.2, -0.15) is 10.5 Å². The van der Waals surface area contributed by atoms with Crippen LogP contribution < -0.4 is 5.32 Å². The highest BCUT2D eigenvalue weighted by Gasteiger charge is 2.29. The first-order valence-electron chi connectivity index (χ1n) is 6.76. The van der Waals surface area contributed by atoms with Crippen LogP contribution in [0.1, 0.15) is 32.3 Å². The number of benzene rings is 1. The first kappa shape index (κ1) is 13.8. The molecule has 1 aromatic rings. The summed E-state index contributed by atoms with van der Waals surface area (Å²) in [6, 6.07) is 9.03. The van der Waals surface area contributed by atoms with Crippen molar-refractivity contribution >= 4 is 16.4 Å². The van der Waals surface area contributed by atoms with Gasteiger partial charge in [0, 0.05) is 10.4 Å². The molecule has 0 aliphatic carbocycles. The Morgan fingerprint density at radius 2 is 2.00 bits per heavy atom. The molecule has 0 amide bonds. The van der Waals surface area contributed by atoms with Crippen molar-refractivity contribution < 1.29 is 0 Å². The molecule has 100 valence electrons. The fourth-order valence-corrected chi connectivity index (χ4v) is 3.35. The first-order valence-corrected chi connectivity index (χ1v) is 8.56. The van der Waals surface area contributed by atoms with Gasteiger partial charge in [0.15, 0.2) is 0 Å². The SMILES string of the molecule is C=S(C)c1ccc(CCC2CNC(C)(C)C2)cc1. The predicted molar refractivity (Wildman–Crippen MR) is 83.9 cm³/mol. The summed E-state index contributed by atoms with van der Waals surface area (Å²) in [4.78, 5) is 1.36. The molecule has 1 aromatic carbocycles. The number of nitrogens with one attached hydrogen (secondary N) is 1. The lowest BCUT2D eigenvalue weighted by Gasteiger charge is -2.17. The molecule has 1 fully saturated rings. The zero-order valence-corrected chi connectivity index (χ0v) is 12.6. The summed E-state index contributed by atoms with van der Waals surface area (Å²) in [5, 5.41) is 3.60. The molecular formula is C16H25NS. The number of aryl methyl sites for hydroxylation is 1. The van der Waals surface area contributed by atoms with E-state index in [1.807, 2.05) is 0 Å². The molecule has 2 unspecified atom stereocenters. The third kappa shape index (κ3) is 3.69. The maximum absolute atomic E-state index is 4.08. The first-order chi connectivity index (χ1) is 8.46. The fraction of sp³-hybridized carbons (Fsp3) is 0.562. The van der Waals surface area contributed by atoms with E-state index in [1.165, 1.54) is 36.3 Å². The summed E-state index contributed by atoms with van der Waals surface area (Å²) in [5.74, 6) is 4.92. The quantitative estimate of drug-likeness (QED) is 0.817. The largest absolute Gasteiger partial charge is 0.312 e. The molecule has 1 aliphatic rings. The van der Waals surface area contributed by atoms with Crippen molar-refractivity contribution in [2.75, 3.05) is 12.8 Å². The molecule has 2 rings (SSSR count). The van der Waals surface area contributed by atoms with E-state index in [0.29, 0.717) is 5.54 Å². The maximum Gasteiger partial charge on any atom is 0.0128 e. The maximum atomic E-state index is 4.08. The minimum atomic E-state index is 0.136. The van der Waals surface area contributed by atoms with Gasteiger partial charge in [-0.3, -0.25) is 0 Å². The van der Waals surface area contributed by atoms with Crippen LogP contribution in [0.2, 0.25) is 0 Å². The van der Waals surface area contributed by atoms with Crippen molar-refractivity contribution in [2.24, 2.45) is 5.92 Å².